The largest absolute Gasteiger partial charge is 0.744 e. The molecule has 0 saturated heterocycles. The molecule has 9 nitrogen and oxygen atoms in total. The van der Waals surface area contributed by atoms with Gasteiger partial charge < -0.3 is 19.3 Å². The van der Waals surface area contributed by atoms with Gasteiger partial charge >= 0.3 is 0 Å². The number of nitrogens with two attached hydrogens (primary N) is 2. The Labute approximate surface area is 170 Å². The summed E-state index contributed by atoms with van der Waals surface area (Å²) in [6.45, 7) is 0. The fourth-order valence-corrected chi connectivity index (χ4v) is 4.90. The number of benzene rings is 3. The van der Waals surface area contributed by atoms with E-state index in [1.807, 2.05) is 0 Å². The van der Waals surface area contributed by atoms with Crippen LogP contribution in [0.25, 0.3) is 33.4 Å². The summed E-state index contributed by atoms with van der Waals surface area (Å²) in [7, 11) is -10.2. The molecular weight excluding hydrogens is 432 g/mol. The molecule has 2 aromatic rings. The summed E-state index contributed by atoms with van der Waals surface area (Å²) >= 11 is 0. The first-order valence-corrected chi connectivity index (χ1v) is 11.2. The van der Waals surface area contributed by atoms with Gasteiger partial charge in [0.05, 0.1) is 5.69 Å². The highest BCUT2D eigenvalue weighted by atomic mass is 32.2. The average molecular weight is 445 g/mol. The van der Waals surface area contributed by atoms with Gasteiger partial charge in [-0.1, -0.05) is 30.3 Å². The van der Waals surface area contributed by atoms with E-state index < -0.39 is 41.4 Å². The predicted molar refractivity (Wildman–Crippen MR) is 104 cm³/mol. The van der Waals surface area contributed by atoms with Gasteiger partial charge in [0.15, 0.2) is 16.2 Å². The molecule has 0 atom stereocenters. The van der Waals surface area contributed by atoms with Crippen LogP contribution in [0, 0.1) is 0 Å². The van der Waals surface area contributed by atoms with E-state index in [-0.39, 0.29) is 22.0 Å². The van der Waals surface area contributed by atoms with Crippen LogP contribution in [0.1, 0.15) is 0 Å². The lowest BCUT2D eigenvalue weighted by Gasteiger charge is -2.21. The molecule has 0 saturated carbocycles. The predicted octanol–water partition coefficient (Wildman–Crippen LogP) is 0.255. The van der Waals surface area contributed by atoms with Crippen LogP contribution < -0.4 is 16.5 Å². The molecule has 0 aromatic heterocycles. The first kappa shape index (κ1) is 20.0. The maximum absolute atomic E-state index is 11.9. The SMILES string of the molecule is Nc1ccc2c(-c3ccccc3)c3ccc(=[NH2+])c(S(=O)(=O)[O-])c-3oc2c1S(=O)(=O)[O-]. The van der Waals surface area contributed by atoms with Crippen molar-refractivity contribution < 1.29 is 35.8 Å². The second kappa shape index (κ2) is 6.64. The van der Waals surface area contributed by atoms with Crippen molar-refractivity contribution in [1.82, 2.24) is 0 Å². The van der Waals surface area contributed by atoms with Gasteiger partial charge in [-0.2, -0.15) is 0 Å². The number of hydrogen-bond donors (Lipinski definition) is 2. The Morgan fingerprint density at radius 2 is 1.47 bits per heavy atom. The summed E-state index contributed by atoms with van der Waals surface area (Å²) < 4.78 is 77.0. The van der Waals surface area contributed by atoms with E-state index in [0.717, 1.165) is 0 Å². The molecule has 0 spiro atoms. The molecule has 30 heavy (non-hydrogen) atoms. The van der Waals surface area contributed by atoms with Crippen LogP contribution in [-0.2, 0) is 20.2 Å². The third-order valence-corrected chi connectivity index (χ3v) is 6.43. The molecule has 0 amide bonds. The molecule has 2 aromatic carbocycles. The average Bonchev–Trinajstić information content (AvgIpc) is 2.64. The molecule has 4 N–H and O–H groups in total. The zero-order valence-corrected chi connectivity index (χ0v) is 16.7. The molecule has 0 bridgehead atoms. The molecule has 0 fully saturated rings. The molecular formula is C19H13N2O7S2-. The van der Waals surface area contributed by atoms with E-state index in [0.29, 0.717) is 11.1 Å². The van der Waals surface area contributed by atoms with Crippen LogP contribution in [0.15, 0.2) is 68.8 Å². The van der Waals surface area contributed by atoms with E-state index in [2.05, 4.69) is 0 Å². The molecule has 154 valence electrons. The van der Waals surface area contributed by atoms with Crippen molar-refractivity contribution in [2.45, 2.75) is 9.79 Å². The van der Waals surface area contributed by atoms with Crippen molar-refractivity contribution in [2.24, 2.45) is 0 Å². The Hall–Kier alpha value is -3.25. The van der Waals surface area contributed by atoms with E-state index in [9.17, 15) is 25.9 Å². The fourth-order valence-electron chi connectivity index (χ4n) is 3.43. The Kier molecular flexibility index (Phi) is 4.43. The highest BCUT2D eigenvalue weighted by Crippen LogP contribution is 2.44. The lowest BCUT2D eigenvalue weighted by atomic mass is 9.93. The molecule has 1 heterocycles. The first-order valence-electron chi connectivity index (χ1n) is 8.38. The van der Waals surface area contributed by atoms with Gasteiger partial charge in [-0.05, 0) is 23.8 Å². The third kappa shape index (κ3) is 3.13. The second-order valence-electron chi connectivity index (χ2n) is 6.47. The van der Waals surface area contributed by atoms with E-state index in [1.165, 1.54) is 24.3 Å². The highest BCUT2D eigenvalue weighted by molar-refractivity contribution is 7.86. The van der Waals surface area contributed by atoms with Crippen LogP contribution in [0.5, 0.6) is 0 Å². The maximum Gasteiger partial charge on any atom is 0.218 e. The summed E-state index contributed by atoms with van der Waals surface area (Å²) in [6, 6.07) is 13.9. The zero-order valence-electron chi connectivity index (χ0n) is 15.0. The molecule has 0 unspecified atom stereocenters. The van der Waals surface area contributed by atoms with Gasteiger partial charge in [-0.25, -0.2) is 16.8 Å². The summed E-state index contributed by atoms with van der Waals surface area (Å²) in [5.41, 5.74) is 5.97. The minimum Gasteiger partial charge on any atom is -0.744 e. The van der Waals surface area contributed by atoms with Crippen molar-refractivity contribution in [2.75, 3.05) is 5.73 Å². The molecule has 0 radical (unpaired) electrons. The van der Waals surface area contributed by atoms with Gasteiger partial charge in [0.2, 0.25) is 5.36 Å². The van der Waals surface area contributed by atoms with Gasteiger partial charge in [-0.3, -0.25) is 5.41 Å². The van der Waals surface area contributed by atoms with Crippen LogP contribution in [0.3, 0.4) is 0 Å². The number of hydrogen-bond acceptors (Lipinski definition) is 8. The monoisotopic (exact) mass is 445 g/mol. The number of anilines is 1. The van der Waals surface area contributed by atoms with Crippen molar-refractivity contribution in [3.05, 3.63) is 60.0 Å². The van der Waals surface area contributed by atoms with Crippen molar-refractivity contribution in [1.29, 1.82) is 0 Å². The standard InChI is InChI=1S/C19H14N2O7S2/c20-13-8-6-11-15(10-4-2-1-3-5-10)12-7-9-14(21)19(30(25,26)27)17(12)28-16(11)18(13)29(22,23)24/h1-9,20H,21H2,(H,22,23,24)(H,25,26,27)/p-1. The molecule has 1 aliphatic heterocycles. The Balaban J connectivity index is 2.38. The van der Waals surface area contributed by atoms with Crippen LogP contribution in [0.4, 0.5) is 5.69 Å². The van der Waals surface area contributed by atoms with Crippen molar-refractivity contribution >= 4 is 36.9 Å². The second-order valence-corrected chi connectivity index (χ2v) is 9.11. The quantitative estimate of drug-likeness (QED) is 0.256. The molecule has 2 aliphatic rings. The number of nitrogen functional groups attached to an aromatic ring is 1. The topological polar surface area (TPSA) is 179 Å². The summed E-state index contributed by atoms with van der Waals surface area (Å²) in [4.78, 5) is -1.70. The van der Waals surface area contributed by atoms with Gasteiger partial charge in [0.25, 0.3) is 0 Å². The fraction of sp³-hybridized carbons (Fsp3) is 0. The van der Waals surface area contributed by atoms with Crippen LogP contribution in [0.2, 0.25) is 0 Å². The molecule has 4 rings (SSSR count). The molecule has 1 aliphatic carbocycles. The van der Waals surface area contributed by atoms with Gasteiger partial charge in [0.1, 0.15) is 25.1 Å². The lowest BCUT2D eigenvalue weighted by Crippen LogP contribution is -2.47. The summed E-state index contributed by atoms with van der Waals surface area (Å²) in [5, 5.41) is 5.53. The van der Waals surface area contributed by atoms with Crippen LogP contribution >= 0.6 is 0 Å². The third-order valence-electron chi connectivity index (χ3n) is 4.59. The van der Waals surface area contributed by atoms with E-state index in [4.69, 9.17) is 15.6 Å². The normalized spacial score (nSPS) is 12.5. The summed E-state index contributed by atoms with van der Waals surface area (Å²) in [6.07, 6.45) is 0. The Bertz CT molecular complexity index is 1560. The number of rotatable bonds is 3. The minimum atomic E-state index is -5.11. The van der Waals surface area contributed by atoms with E-state index >= 15 is 0 Å². The molecule has 11 heteroatoms. The zero-order chi connectivity index (χ0) is 21.8. The highest BCUT2D eigenvalue weighted by Gasteiger charge is 2.27. The maximum atomic E-state index is 11.9. The van der Waals surface area contributed by atoms with Gasteiger partial charge in [-0.15, -0.1) is 0 Å². The minimum absolute atomic E-state index is 0.191. The first-order chi connectivity index (χ1) is 14.0. The number of fused-ring (bicyclic) bond motifs is 2. The smallest absolute Gasteiger partial charge is 0.218 e. The van der Waals surface area contributed by atoms with E-state index in [1.54, 1.807) is 30.3 Å². The van der Waals surface area contributed by atoms with Crippen molar-refractivity contribution in [3.8, 4) is 22.5 Å². The summed E-state index contributed by atoms with van der Waals surface area (Å²) in [5.74, 6) is -0.466. The van der Waals surface area contributed by atoms with Crippen molar-refractivity contribution in [3.63, 3.8) is 0 Å². The Morgan fingerprint density at radius 1 is 0.833 bits per heavy atom. The lowest BCUT2D eigenvalue weighted by molar-refractivity contribution is -0.176. The van der Waals surface area contributed by atoms with Gasteiger partial charge in [0, 0.05) is 22.6 Å². The van der Waals surface area contributed by atoms with Crippen LogP contribution in [-0.4, -0.2) is 25.9 Å². The Morgan fingerprint density at radius 3 is 2.07 bits per heavy atom.